The fourth-order valence-corrected chi connectivity index (χ4v) is 3.79. The van der Waals surface area contributed by atoms with Crippen molar-refractivity contribution < 1.29 is 14.6 Å². The van der Waals surface area contributed by atoms with Crippen molar-refractivity contribution in [3.8, 4) is 5.88 Å². The molecule has 0 radical (unpaired) electrons. The van der Waals surface area contributed by atoms with Crippen LogP contribution in [0.1, 0.15) is 16.8 Å². The number of anilines is 1. The smallest absolute Gasteiger partial charge is 0.414 e. The standard InChI is InChI=1S/C24H20N4O3/c1-15-13-17(9-10-25-15)26-22(16-5-3-2-4-6-16)21-19-14-18(28-11-12-31-24(28)30)7-8-20(19)27-23(21)29/h2-10,13-14,27,29H,11-12H2,1H3. The summed E-state index contributed by atoms with van der Waals surface area (Å²) in [6.45, 7) is 2.76. The summed E-state index contributed by atoms with van der Waals surface area (Å²) >= 11 is 0. The Bertz CT molecular complexity index is 1310. The van der Waals surface area contributed by atoms with E-state index in [9.17, 15) is 9.90 Å². The largest absolute Gasteiger partial charge is 0.494 e. The van der Waals surface area contributed by atoms with Crippen LogP contribution in [0.2, 0.25) is 0 Å². The molecular formula is C24H20N4O3. The van der Waals surface area contributed by atoms with E-state index < -0.39 is 0 Å². The van der Waals surface area contributed by atoms with Gasteiger partial charge >= 0.3 is 6.09 Å². The summed E-state index contributed by atoms with van der Waals surface area (Å²) in [7, 11) is 0. The van der Waals surface area contributed by atoms with Gasteiger partial charge in [-0.15, -0.1) is 0 Å². The summed E-state index contributed by atoms with van der Waals surface area (Å²) in [6.07, 6.45) is 1.34. The van der Waals surface area contributed by atoms with Crippen molar-refractivity contribution in [1.82, 2.24) is 9.97 Å². The fraction of sp³-hybridized carbons (Fsp3) is 0.125. The Balaban J connectivity index is 1.73. The topological polar surface area (TPSA) is 90.8 Å². The number of H-pyrrole nitrogens is 1. The molecule has 7 heteroatoms. The summed E-state index contributed by atoms with van der Waals surface area (Å²) in [5.41, 5.74) is 5.10. The Morgan fingerprint density at radius 2 is 2.00 bits per heavy atom. The van der Waals surface area contributed by atoms with E-state index in [1.807, 2.05) is 67.6 Å². The average Bonchev–Trinajstić information content (AvgIpc) is 3.34. The number of fused-ring (bicyclic) bond motifs is 1. The molecule has 0 bridgehead atoms. The van der Waals surface area contributed by atoms with Gasteiger partial charge in [0.2, 0.25) is 0 Å². The number of hydrogen-bond donors (Lipinski definition) is 2. The zero-order chi connectivity index (χ0) is 21.4. The SMILES string of the molecule is Cc1cc(N=C(c2ccccc2)c2c(O)[nH]c3ccc(N4CCOC4=O)cc23)ccn1. The highest BCUT2D eigenvalue weighted by molar-refractivity contribution is 6.22. The van der Waals surface area contributed by atoms with E-state index in [2.05, 4.69) is 9.97 Å². The fourth-order valence-electron chi connectivity index (χ4n) is 3.79. The molecule has 5 rings (SSSR count). The van der Waals surface area contributed by atoms with Gasteiger partial charge in [-0.25, -0.2) is 9.79 Å². The van der Waals surface area contributed by atoms with Crippen LogP contribution in [0.3, 0.4) is 0 Å². The third-order valence-corrected chi connectivity index (χ3v) is 5.24. The van der Waals surface area contributed by atoms with Gasteiger partial charge in [0.05, 0.1) is 23.5 Å². The minimum absolute atomic E-state index is 0.0181. The maximum Gasteiger partial charge on any atom is 0.414 e. The van der Waals surface area contributed by atoms with E-state index in [0.717, 1.165) is 27.8 Å². The van der Waals surface area contributed by atoms with Gasteiger partial charge in [-0.1, -0.05) is 30.3 Å². The molecule has 1 aliphatic rings. The first-order valence-corrected chi connectivity index (χ1v) is 9.96. The van der Waals surface area contributed by atoms with Crippen LogP contribution in [-0.4, -0.2) is 40.0 Å². The molecule has 1 saturated heterocycles. The lowest BCUT2D eigenvalue weighted by Crippen LogP contribution is -2.23. The number of amides is 1. The number of aryl methyl sites for hydroxylation is 1. The third-order valence-electron chi connectivity index (χ3n) is 5.24. The number of pyridine rings is 1. The zero-order valence-corrected chi connectivity index (χ0v) is 16.9. The molecular weight excluding hydrogens is 392 g/mol. The molecule has 1 fully saturated rings. The van der Waals surface area contributed by atoms with E-state index >= 15 is 0 Å². The number of nitrogens with zero attached hydrogens (tertiary/aromatic N) is 3. The van der Waals surface area contributed by atoms with E-state index in [-0.39, 0.29) is 12.0 Å². The van der Waals surface area contributed by atoms with Crippen molar-refractivity contribution in [2.75, 3.05) is 18.1 Å². The Labute approximate surface area is 178 Å². The molecule has 2 aromatic heterocycles. The molecule has 4 aromatic rings. The Morgan fingerprint density at radius 1 is 1.16 bits per heavy atom. The van der Waals surface area contributed by atoms with Crippen molar-refractivity contribution in [3.63, 3.8) is 0 Å². The van der Waals surface area contributed by atoms with Crippen LogP contribution in [0.15, 0.2) is 71.9 Å². The Morgan fingerprint density at radius 3 is 2.74 bits per heavy atom. The van der Waals surface area contributed by atoms with Crippen molar-refractivity contribution in [3.05, 3.63) is 83.7 Å². The molecule has 1 aliphatic heterocycles. The van der Waals surface area contributed by atoms with Gasteiger partial charge in [-0.3, -0.25) is 9.88 Å². The van der Waals surface area contributed by atoms with Gasteiger partial charge in [0.25, 0.3) is 0 Å². The second-order valence-electron chi connectivity index (χ2n) is 7.33. The number of aromatic amines is 1. The molecule has 3 heterocycles. The van der Waals surface area contributed by atoms with Gasteiger partial charge in [-0.2, -0.15) is 0 Å². The van der Waals surface area contributed by atoms with Crippen LogP contribution < -0.4 is 4.90 Å². The van der Waals surface area contributed by atoms with Crippen molar-refractivity contribution in [2.24, 2.45) is 4.99 Å². The summed E-state index contributed by atoms with van der Waals surface area (Å²) < 4.78 is 5.07. The highest BCUT2D eigenvalue weighted by Crippen LogP contribution is 2.34. The number of aromatic hydroxyl groups is 1. The van der Waals surface area contributed by atoms with Crippen molar-refractivity contribution in [1.29, 1.82) is 0 Å². The molecule has 0 unspecified atom stereocenters. The molecule has 154 valence electrons. The quantitative estimate of drug-likeness (QED) is 0.475. The second kappa shape index (κ2) is 7.60. The lowest BCUT2D eigenvalue weighted by atomic mass is 10.0. The van der Waals surface area contributed by atoms with Gasteiger partial charge in [0.1, 0.15) is 6.61 Å². The lowest BCUT2D eigenvalue weighted by molar-refractivity contribution is 0.181. The van der Waals surface area contributed by atoms with E-state index in [0.29, 0.717) is 30.1 Å². The summed E-state index contributed by atoms with van der Waals surface area (Å²) in [5.74, 6) is 0.0181. The Kier molecular flexibility index (Phi) is 4.63. The van der Waals surface area contributed by atoms with E-state index in [1.54, 1.807) is 11.1 Å². The number of aromatic nitrogens is 2. The minimum atomic E-state index is -0.370. The highest BCUT2D eigenvalue weighted by atomic mass is 16.6. The number of cyclic esters (lactones) is 1. The molecule has 0 aliphatic carbocycles. The molecule has 0 saturated carbocycles. The summed E-state index contributed by atoms with van der Waals surface area (Å²) in [5, 5.41) is 11.6. The van der Waals surface area contributed by atoms with Crippen LogP contribution in [0.5, 0.6) is 5.88 Å². The van der Waals surface area contributed by atoms with E-state index in [1.165, 1.54) is 0 Å². The van der Waals surface area contributed by atoms with Crippen molar-refractivity contribution >= 4 is 34.1 Å². The number of aliphatic imine (C=N–C) groups is 1. The lowest BCUT2D eigenvalue weighted by Gasteiger charge is -2.13. The first-order valence-electron chi connectivity index (χ1n) is 9.96. The maximum atomic E-state index is 12.0. The maximum absolute atomic E-state index is 12.0. The number of benzene rings is 2. The van der Waals surface area contributed by atoms with Crippen LogP contribution in [-0.2, 0) is 4.74 Å². The normalized spacial score (nSPS) is 14.3. The number of ether oxygens (including phenoxy) is 1. The molecule has 0 atom stereocenters. The van der Waals surface area contributed by atoms with E-state index in [4.69, 9.17) is 9.73 Å². The molecule has 7 nitrogen and oxygen atoms in total. The third kappa shape index (κ3) is 3.50. The predicted molar refractivity (Wildman–Crippen MR) is 119 cm³/mol. The van der Waals surface area contributed by atoms with Gasteiger partial charge in [-0.05, 0) is 37.3 Å². The van der Waals surface area contributed by atoms with Crippen LogP contribution in [0.25, 0.3) is 10.9 Å². The van der Waals surface area contributed by atoms with Crippen LogP contribution >= 0.6 is 0 Å². The number of rotatable bonds is 4. The summed E-state index contributed by atoms with van der Waals surface area (Å²) in [6, 6.07) is 19.0. The zero-order valence-electron chi connectivity index (χ0n) is 16.9. The first-order chi connectivity index (χ1) is 15.1. The molecule has 1 amide bonds. The minimum Gasteiger partial charge on any atom is -0.494 e. The second-order valence-corrected chi connectivity index (χ2v) is 7.33. The number of nitrogens with one attached hydrogen (secondary N) is 1. The summed E-state index contributed by atoms with van der Waals surface area (Å²) in [4.78, 5) is 25.8. The Hall–Kier alpha value is -4.13. The molecule has 2 N–H and O–H groups in total. The molecule has 0 spiro atoms. The highest BCUT2D eigenvalue weighted by Gasteiger charge is 2.25. The number of hydrogen-bond acceptors (Lipinski definition) is 5. The van der Waals surface area contributed by atoms with Gasteiger partial charge in [0, 0.05) is 34.0 Å². The average molecular weight is 412 g/mol. The van der Waals surface area contributed by atoms with Crippen molar-refractivity contribution in [2.45, 2.75) is 6.92 Å². The molecule has 31 heavy (non-hydrogen) atoms. The monoisotopic (exact) mass is 412 g/mol. The van der Waals surface area contributed by atoms with Gasteiger partial charge in [0.15, 0.2) is 5.88 Å². The number of carbonyl (C=O) groups excluding carboxylic acids is 1. The van der Waals surface area contributed by atoms with Crippen LogP contribution in [0, 0.1) is 6.92 Å². The number of carbonyl (C=O) groups is 1. The predicted octanol–water partition coefficient (Wildman–Crippen LogP) is 4.70. The molecule has 2 aromatic carbocycles. The van der Waals surface area contributed by atoms with Crippen LogP contribution in [0.4, 0.5) is 16.2 Å². The van der Waals surface area contributed by atoms with Gasteiger partial charge < -0.3 is 14.8 Å². The first kappa shape index (κ1) is 18.9.